The van der Waals surface area contributed by atoms with Crippen molar-refractivity contribution in [2.75, 3.05) is 11.4 Å². The summed E-state index contributed by atoms with van der Waals surface area (Å²) < 4.78 is 0. The van der Waals surface area contributed by atoms with Crippen LogP contribution in [-0.4, -0.2) is 35.4 Å². The van der Waals surface area contributed by atoms with E-state index in [0.29, 0.717) is 24.4 Å². The summed E-state index contributed by atoms with van der Waals surface area (Å²) in [5.41, 5.74) is -0.166. The van der Waals surface area contributed by atoms with Crippen LogP contribution < -0.4 is 15.5 Å². The van der Waals surface area contributed by atoms with Crippen molar-refractivity contribution in [3.8, 4) is 0 Å². The van der Waals surface area contributed by atoms with Crippen molar-refractivity contribution in [2.45, 2.75) is 32.2 Å². The van der Waals surface area contributed by atoms with Gasteiger partial charge in [-0.25, -0.2) is 4.79 Å². The number of hydrogen-bond acceptors (Lipinski definition) is 6. The zero-order valence-corrected chi connectivity index (χ0v) is 14.2. The van der Waals surface area contributed by atoms with Gasteiger partial charge in [-0.1, -0.05) is 6.92 Å². The Morgan fingerprint density at radius 2 is 1.92 bits per heavy atom. The second kappa shape index (κ2) is 5.52. The van der Waals surface area contributed by atoms with Gasteiger partial charge in [-0.05, 0) is 30.4 Å². The average molecular weight is 358 g/mol. The van der Waals surface area contributed by atoms with Gasteiger partial charge in [-0.3, -0.25) is 30.3 Å². The number of barbiturate groups is 1. The van der Waals surface area contributed by atoms with E-state index in [0.717, 1.165) is 12.1 Å². The molecule has 2 N–H and O–H groups in total. The van der Waals surface area contributed by atoms with E-state index in [2.05, 4.69) is 17.6 Å². The SMILES string of the molecule is C[C@@H]1CCN2c3ccc([N+](=O)[O-])cc3CC3(C(=O)NC(=O)NC3=O)[C@@H]2C1. The molecular formula is C17H18N4O5. The van der Waals surface area contributed by atoms with Crippen LogP contribution in [0.25, 0.3) is 0 Å². The molecule has 0 radical (unpaired) electrons. The molecule has 136 valence electrons. The molecule has 4 rings (SSSR count). The molecule has 1 aromatic carbocycles. The number of hydrogen-bond donors (Lipinski definition) is 2. The highest BCUT2D eigenvalue weighted by atomic mass is 16.6. The fraction of sp³-hybridized carbons (Fsp3) is 0.471. The predicted octanol–water partition coefficient (Wildman–Crippen LogP) is 1.11. The lowest BCUT2D eigenvalue weighted by atomic mass is 9.65. The van der Waals surface area contributed by atoms with Crippen LogP contribution >= 0.6 is 0 Å². The molecule has 1 spiro atoms. The smallest absolute Gasteiger partial charge is 0.328 e. The third-order valence-corrected chi connectivity index (χ3v) is 5.75. The maximum atomic E-state index is 12.8. The van der Waals surface area contributed by atoms with Gasteiger partial charge in [-0.15, -0.1) is 0 Å². The summed E-state index contributed by atoms with van der Waals surface area (Å²) in [6, 6.07) is 3.32. The lowest BCUT2D eigenvalue weighted by Crippen LogP contribution is -2.72. The molecule has 3 aliphatic heterocycles. The van der Waals surface area contributed by atoms with E-state index >= 15 is 0 Å². The van der Waals surface area contributed by atoms with Crippen molar-refractivity contribution in [2.24, 2.45) is 11.3 Å². The van der Waals surface area contributed by atoms with Crippen LogP contribution in [0.4, 0.5) is 16.2 Å². The van der Waals surface area contributed by atoms with Crippen LogP contribution in [0.5, 0.6) is 0 Å². The minimum Gasteiger partial charge on any atom is -0.367 e. The highest BCUT2D eigenvalue weighted by Gasteiger charge is 2.60. The maximum Gasteiger partial charge on any atom is 0.328 e. The molecule has 0 aliphatic carbocycles. The van der Waals surface area contributed by atoms with E-state index in [1.165, 1.54) is 12.1 Å². The Bertz CT molecular complexity index is 832. The molecule has 0 unspecified atom stereocenters. The largest absolute Gasteiger partial charge is 0.367 e. The molecule has 4 amide bonds. The quantitative estimate of drug-likeness (QED) is 0.440. The Morgan fingerprint density at radius 3 is 2.58 bits per heavy atom. The van der Waals surface area contributed by atoms with Crippen LogP contribution in [0.3, 0.4) is 0 Å². The van der Waals surface area contributed by atoms with Gasteiger partial charge in [0.2, 0.25) is 11.8 Å². The number of benzene rings is 1. The first-order valence-electron chi connectivity index (χ1n) is 8.54. The summed E-state index contributed by atoms with van der Waals surface area (Å²) in [5.74, 6) is -0.939. The molecule has 3 aliphatic rings. The first-order chi connectivity index (χ1) is 12.3. The van der Waals surface area contributed by atoms with Crippen LogP contribution in [0, 0.1) is 21.4 Å². The molecule has 0 aromatic heterocycles. The molecule has 9 heteroatoms. The molecule has 9 nitrogen and oxygen atoms in total. The molecule has 26 heavy (non-hydrogen) atoms. The third-order valence-electron chi connectivity index (χ3n) is 5.75. The number of nitrogens with one attached hydrogen (secondary N) is 2. The summed E-state index contributed by atoms with van der Waals surface area (Å²) in [6.07, 6.45) is 1.56. The number of nitro groups is 1. The van der Waals surface area contributed by atoms with Crippen LogP contribution in [0.1, 0.15) is 25.3 Å². The number of amides is 4. The van der Waals surface area contributed by atoms with Crippen molar-refractivity contribution in [3.63, 3.8) is 0 Å². The topological polar surface area (TPSA) is 122 Å². The molecular weight excluding hydrogens is 340 g/mol. The zero-order chi connectivity index (χ0) is 18.6. The summed E-state index contributed by atoms with van der Waals surface area (Å²) in [7, 11) is 0. The van der Waals surface area contributed by atoms with Gasteiger partial charge in [0.1, 0.15) is 0 Å². The number of carbonyl (C=O) groups is 3. The second-order valence-corrected chi connectivity index (χ2v) is 7.29. The number of nitro benzene ring substituents is 1. The number of piperidine rings is 1. The Morgan fingerprint density at radius 1 is 1.23 bits per heavy atom. The summed E-state index contributed by atoms with van der Waals surface area (Å²) in [4.78, 5) is 49.9. The lowest BCUT2D eigenvalue weighted by Gasteiger charge is -2.53. The molecule has 0 saturated carbocycles. The average Bonchev–Trinajstić information content (AvgIpc) is 2.58. The molecule has 2 atom stereocenters. The minimum atomic E-state index is -1.47. The van der Waals surface area contributed by atoms with Gasteiger partial charge in [0.25, 0.3) is 5.69 Å². The summed E-state index contributed by atoms with van der Waals surface area (Å²) in [5, 5.41) is 15.6. The Kier molecular flexibility index (Phi) is 3.50. The van der Waals surface area contributed by atoms with E-state index in [-0.39, 0.29) is 12.1 Å². The lowest BCUT2D eigenvalue weighted by molar-refractivity contribution is -0.384. The van der Waals surface area contributed by atoms with Gasteiger partial charge in [-0.2, -0.15) is 0 Å². The van der Waals surface area contributed by atoms with Crippen LogP contribution in [0.2, 0.25) is 0 Å². The van der Waals surface area contributed by atoms with Gasteiger partial charge in [0.15, 0.2) is 5.41 Å². The maximum absolute atomic E-state index is 12.8. The normalized spacial score (nSPS) is 26.7. The number of urea groups is 1. The van der Waals surface area contributed by atoms with Crippen LogP contribution in [-0.2, 0) is 16.0 Å². The Hall–Kier alpha value is -2.97. The predicted molar refractivity (Wildman–Crippen MR) is 90.4 cm³/mol. The molecule has 1 aromatic rings. The number of rotatable bonds is 1. The van der Waals surface area contributed by atoms with Crippen molar-refractivity contribution >= 4 is 29.2 Å². The van der Waals surface area contributed by atoms with E-state index < -0.39 is 34.2 Å². The zero-order valence-electron chi connectivity index (χ0n) is 14.2. The first kappa shape index (κ1) is 16.5. The summed E-state index contributed by atoms with van der Waals surface area (Å²) >= 11 is 0. The number of non-ortho nitro benzene ring substituents is 1. The van der Waals surface area contributed by atoms with Crippen molar-refractivity contribution in [3.05, 3.63) is 33.9 Å². The number of imide groups is 2. The monoisotopic (exact) mass is 358 g/mol. The number of nitrogens with zero attached hydrogens (tertiary/aromatic N) is 2. The van der Waals surface area contributed by atoms with Gasteiger partial charge in [0, 0.05) is 30.8 Å². The highest BCUT2D eigenvalue weighted by molar-refractivity contribution is 6.20. The van der Waals surface area contributed by atoms with Crippen LogP contribution in [0.15, 0.2) is 18.2 Å². The minimum absolute atomic E-state index is 0.0306. The molecule has 2 fully saturated rings. The van der Waals surface area contributed by atoms with E-state index in [1.54, 1.807) is 6.07 Å². The van der Waals surface area contributed by atoms with Gasteiger partial charge >= 0.3 is 6.03 Å². The highest BCUT2D eigenvalue weighted by Crippen LogP contribution is 2.48. The van der Waals surface area contributed by atoms with Gasteiger partial charge < -0.3 is 4.90 Å². The third kappa shape index (κ3) is 2.19. The van der Waals surface area contributed by atoms with Crippen molar-refractivity contribution in [1.29, 1.82) is 0 Å². The Balaban J connectivity index is 1.88. The van der Waals surface area contributed by atoms with E-state index in [4.69, 9.17) is 0 Å². The second-order valence-electron chi connectivity index (χ2n) is 7.29. The standard InChI is InChI=1S/C17H18N4O5/c1-9-4-5-20-12-3-2-11(21(25)26)7-10(12)8-17(13(20)6-9)14(22)18-16(24)19-15(17)23/h2-3,7,9,13H,4-6,8H2,1H3,(H2,18,19,22,23,24)/t9-,13+/m1/s1. The number of carbonyl (C=O) groups excluding carboxylic acids is 3. The van der Waals surface area contributed by atoms with Crippen molar-refractivity contribution in [1.82, 2.24) is 10.6 Å². The van der Waals surface area contributed by atoms with E-state index in [9.17, 15) is 24.5 Å². The van der Waals surface area contributed by atoms with E-state index in [1.807, 2.05) is 4.90 Å². The molecule has 2 saturated heterocycles. The number of fused-ring (bicyclic) bond motifs is 4. The fourth-order valence-electron chi connectivity index (χ4n) is 4.45. The number of anilines is 1. The summed E-state index contributed by atoms with van der Waals surface area (Å²) in [6.45, 7) is 2.72. The molecule has 0 bridgehead atoms. The Labute approximate surface area is 148 Å². The molecule has 3 heterocycles. The van der Waals surface area contributed by atoms with Gasteiger partial charge in [0.05, 0.1) is 11.0 Å². The first-order valence-corrected chi connectivity index (χ1v) is 8.54. The fourth-order valence-corrected chi connectivity index (χ4v) is 4.45. The van der Waals surface area contributed by atoms with Crippen molar-refractivity contribution < 1.29 is 19.3 Å².